The smallest absolute Gasteiger partial charge is 0.243 e. The number of aryl methyl sites for hydroxylation is 1. The van der Waals surface area contributed by atoms with Crippen molar-refractivity contribution < 1.29 is 18.6 Å². The average Bonchev–Trinajstić information content (AvgIpc) is 2.68. The van der Waals surface area contributed by atoms with Crippen LogP contribution in [0.5, 0.6) is 0 Å². The maximum atomic E-state index is 12.7. The fourth-order valence-corrected chi connectivity index (χ4v) is 4.50. The molecule has 2 rings (SSSR count). The Kier molecular flexibility index (Phi) is 3.81. The van der Waals surface area contributed by atoms with Crippen molar-refractivity contribution in [2.24, 2.45) is 0 Å². The number of benzene rings is 1. The number of aliphatic hydroxyl groups excluding tert-OH is 2. The number of sulfonamides is 1. The summed E-state index contributed by atoms with van der Waals surface area (Å²) in [5.41, 5.74) is 8.23. The maximum Gasteiger partial charge on any atom is 0.243 e. The molecule has 1 saturated heterocycles. The van der Waals surface area contributed by atoms with Gasteiger partial charge in [-0.3, -0.25) is 0 Å². The van der Waals surface area contributed by atoms with Gasteiger partial charge in [0.15, 0.2) is 0 Å². The Morgan fingerprint density at radius 3 is 2.15 bits per heavy atom. The number of β-amino-alcohol motifs (C(OH)–C–C–N with tert-alkyl or cyclic N) is 2. The van der Waals surface area contributed by atoms with Crippen molar-refractivity contribution in [3.63, 3.8) is 0 Å². The highest BCUT2D eigenvalue weighted by Crippen LogP contribution is 2.31. The molecule has 1 aliphatic rings. The van der Waals surface area contributed by atoms with Crippen molar-refractivity contribution >= 4 is 15.7 Å². The highest BCUT2D eigenvalue weighted by Gasteiger charge is 2.39. The first-order valence-electron chi connectivity index (χ1n) is 6.38. The average molecular weight is 300 g/mol. The van der Waals surface area contributed by atoms with Gasteiger partial charge >= 0.3 is 0 Å². The van der Waals surface area contributed by atoms with E-state index in [4.69, 9.17) is 5.73 Å². The second kappa shape index (κ2) is 5.00. The summed E-state index contributed by atoms with van der Waals surface area (Å²) in [7, 11) is -3.78. The number of nitrogen functional groups attached to an aromatic ring is 1. The van der Waals surface area contributed by atoms with E-state index in [1.807, 2.05) is 0 Å². The SMILES string of the molecule is Cc1cc(N)c(C)c(S(=O)(=O)N2C[C@@H](O)[C@@H](O)C2)c1C. The predicted molar refractivity (Wildman–Crippen MR) is 75.8 cm³/mol. The summed E-state index contributed by atoms with van der Waals surface area (Å²) in [5, 5.41) is 19.1. The molecule has 0 unspecified atom stereocenters. The van der Waals surface area contributed by atoms with Crippen molar-refractivity contribution in [3.8, 4) is 0 Å². The van der Waals surface area contributed by atoms with E-state index in [2.05, 4.69) is 0 Å². The summed E-state index contributed by atoms with van der Waals surface area (Å²) >= 11 is 0. The lowest BCUT2D eigenvalue weighted by molar-refractivity contribution is 0.0572. The van der Waals surface area contributed by atoms with Crippen LogP contribution in [0.2, 0.25) is 0 Å². The number of anilines is 1. The molecule has 1 heterocycles. The van der Waals surface area contributed by atoms with Crippen LogP contribution in [0.1, 0.15) is 16.7 Å². The molecular weight excluding hydrogens is 280 g/mol. The minimum Gasteiger partial charge on any atom is -0.398 e. The standard InChI is InChI=1S/C13H20N2O4S/c1-7-4-10(14)9(3)13(8(7)2)20(18,19)15-5-11(16)12(17)6-15/h4,11-12,16-17H,5-6,14H2,1-3H3/t11-,12+. The molecule has 6 nitrogen and oxygen atoms in total. The van der Waals surface area contributed by atoms with Crippen molar-refractivity contribution in [1.82, 2.24) is 4.31 Å². The third-order valence-electron chi connectivity index (χ3n) is 3.90. The molecule has 0 bridgehead atoms. The fraction of sp³-hybridized carbons (Fsp3) is 0.538. The van der Waals surface area contributed by atoms with Gasteiger partial charge in [0.05, 0.1) is 17.1 Å². The van der Waals surface area contributed by atoms with Gasteiger partial charge in [-0.15, -0.1) is 0 Å². The van der Waals surface area contributed by atoms with Gasteiger partial charge in [0.1, 0.15) is 0 Å². The minimum atomic E-state index is -3.78. The molecule has 1 aromatic carbocycles. The fourth-order valence-electron chi connectivity index (χ4n) is 2.49. The number of nitrogens with two attached hydrogens (primary N) is 1. The molecular formula is C13H20N2O4S. The van der Waals surface area contributed by atoms with Gasteiger partial charge in [-0.1, -0.05) is 0 Å². The summed E-state index contributed by atoms with van der Waals surface area (Å²) in [4.78, 5) is 0.177. The quantitative estimate of drug-likeness (QED) is 0.663. The van der Waals surface area contributed by atoms with Crippen LogP contribution in [0.4, 0.5) is 5.69 Å². The Balaban J connectivity index is 2.56. The van der Waals surface area contributed by atoms with Gasteiger partial charge in [0, 0.05) is 18.8 Å². The number of aliphatic hydroxyl groups is 2. The normalized spacial score (nSPS) is 24.2. The van der Waals surface area contributed by atoms with E-state index in [0.717, 1.165) is 9.87 Å². The summed E-state index contributed by atoms with van der Waals surface area (Å²) in [6.07, 6.45) is -2.10. The molecule has 0 saturated carbocycles. The lowest BCUT2D eigenvalue weighted by atomic mass is 10.1. The highest BCUT2D eigenvalue weighted by atomic mass is 32.2. The zero-order valence-corrected chi connectivity index (χ0v) is 12.6. The summed E-state index contributed by atoms with van der Waals surface area (Å²) < 4.78 is 26.5. The van der Waals surface area contributed by atoms with Crippen molar-refractivity contribution in [2.75, 3.05) is 18.8 Å². The minimum absolute atomic E-state index is 0.101. The number of nitrogens with zero attached hydrogens (tertiary/aromatic N) is 1. The van der Waals surface area contributed by atoms with E-state index in [1.165, 1.54) is 0 Å². The van der Waals surface area contributed by atoms with E-state index in [-0.39, 0.29) is 18.0 Å². The van der Waals surface area contributed by atoms with Crippen LogP contribution in [0.15, 0.2) is 11.0 Å². The molecule has 2 atom stereocenters. The zero-order valence-electron chi connectivity index (χ0n) is 11.8. The predicted octanol–water partition coefficient (Wildman–Crippen LogP) is -0.0798. The van der Waals surface area contributed by atoms with Gasteiger partial charge in [0.2, 0.25) is 10.0 Å². The summed E-state index contributed by atoms with van der Waals surface area (Å²) in [5.74, 6) is 0. The molecule has 1 aliphatic heterocycles. The molecule has 4 N–H and O–H groups in total. The molecule has 0 spiro atoms. The topological polar surface area (TPSA) is 104 Å². The first-order chi connectivity index (χ1) is 9.16. The van der Waals surface area contributed by atoms with Crippen molar-refractivity contribution in [1.29, 1.82) is 0 Å². The number of hydrogen-bond donors (Lipinski definition) is 3. The Hall–Kier alpha value is -1.15. The van der Waals surface area contributed by atoms with Gasteiger partial charge in [-0.25, -0.2) is 8.42 Å². The van der Waals surface area contributed by atoms with E-state index < -0.39 is 22.2 Å². The monoisotopic (exact) mass is 300 g/mol. The van der Waals surface area contributed by atoms with E-state index >= 15 is 0 Å². The molecule has 1 aromatic rings. The first-order valence-corrected chi connectivity index (χ1v) is 7.82. The van der Waals surface area contributed by atoms with Crippen LogP contribution in [-0.4, -0.2) is 48.2 Å². The number of hydrogen-bond acceptors (Lipinski definition) is 5. The molecule has 1 fully saturated rings. The zero-order chi connectivity index (χ0) is 15.2. The lowest BCUT2D eigenvalue weighted by Gasteiger charge is -2.21. The molecule has 0 amide bonds. The maximum absolute atomic E-state index is 12.7. The largest absolute Gasteiger partial charge is 0.398 e. The van der Waals surface area contributed by atoms with Gasteiger partial charge in [0.25, 0.3) is 0 Å². The Labute approximate surface area is 118 Å². The number of rotatable bonds is 2. The van der Waals surface area contributed by atoms with E-state index in [9.17, 15) is 18.6 Å². The second-order valence-electron chi connectivity index (χ2n) is 5.32. The molecule has 7 heteroatoms. The molecule has 0 radical (unpaired) electrons. The Morgan fingerprint density at radius 2 is 1.65 bits per heavy atom. The van der Waals surface area contributed by atoms with Gasteiger partial charge in [-0.2, -0.15) is 4.31 Å². The van der Waals surface area contributed by atoms with Crippen LogP contribution >= 0.6 is 0 Å². The van der Waals surface area contributed by atoms with Gasteiger partial charge < -0.3 is 15.9 Å². The van der Waals surface area contributed by atoms with Crippen LogP contribution < -0.4 is 5.73 Å². The molecule has 0 aliphatic carbocycles. The Bertz CT molecular complexity index is 606. The lowest BCUT2D eigenvalue weighted by Crippen LogP contribution is -2.31. The summed E-state index contributed by atoms with van der Waals surface area (Å²) in [6, 6.07) is 1.75. The van der Waals surface area contributed by atoms with Crippen LogP contribution in [0.3, 0.4) is 0 Å². The summed E-state index contributed by atoms with van der Waals surface area (Å²) in [6.45, 7) is 5.00. The third kappa shape index (κ3) is 2.31. The van der Waals surface area contributed by atoms with E-state index in [1.54, 1.807) is 26.8 Å². The van der Waals surface area contributed by atoms with Gasteiger partial charge in [-0.05, 0) is 43.5 Å². The molecule has 112 valence electrons. The van der Waals surface area contributed by atoms with Crippen LogP contribution in [-0.2, 0) is 10.0 Å². The second-order valence-corrected chi connectivity index (χ2v) is 7.19. The first kappa shape index (κ1) is 15.2. The van der Waals surface area contributed by atoms with Crippen molar-refractivity contribution in [2.45, 2.75) is 37.9 Å². The van der Waals surface area contributed by atoms with Crippen molar-refractivity contribution in [3.05, 3.63) is 22.8 Å². The Morgan fingerprint density at radius 1 is 1.15 bits per heavy atom. The third-order valence-corrected chi connectivity index (χ3v) is 6.01. The van der Waals surface area contributed by atoms with Crippen LogP contribution in [0.25, 0.3) is 0 Å². The molecule has 20 heavy (non-hydrogen) atoms. The van der Waals surface area contributed by atoms with Crippen LogP contribution in [0, 0.1) is 20.8 Å². The van der Waals surface area contributed by atoms with E-state index in [0.29, 0.717) is 16.8 Å². The highest BCUT2D eigenvalue weighted by molar-refractivity contribution is 7.89. The molecule has 0 aromatic heterocycles.